The molecular formula is C12H11FN2O2S. The van der Waals surface area contributed by atoms with E-state index in [4.69, 9.17) is 5.73 Å². The predicted octanol–water partition coefficient (Wildman–Crippen LogP) is 2.21. The van der Waals surface area contributed by atoms with Crippen molar-refractivity contribution in [2.24, 2.45) is 0 Å². The van der Waals surface area contributed by atoms with Crippen molar-refractivity contribution in [1.29, 1.82) is 0 Å². The lowest BCUT2D eigenvalue weighted by molar-refractivity contribution is 0.601. The Morgan fingerprint density at radius 1 is 1.06 bits per heavy atom. The summed E-state index contributed by atoms with van der Waals surface area (Å²) in [5, 5.41) is 0. The molecule has 0 aliphatic rings. The van der Waals surface area contributed by atoms with Gasteiger partial charge in [0.15, 0.2) is 0 Å². The van der Waals surface area contributed by atoms with Gasteiger partial charge in [0.25, 0.3) is 10.0 Å². The average molecular weight is 266 g/mol. The van der Waals surface area contributed by atoms with Crippen LogP contribution in [-0.2, 0) is 10.0 Å². The first-order chi connectivity index (χ1) is 8.47. The largest absolute Gasteiger partial charge is 0.399 e. The zero-order chi connectivity index (χ0) is 13.2. The molecule has 0 aliphatic carbocycles. The predicted molar refractivity (Wildman–Crippen MR) is 68.1 cm³/mol. The van der Waals surface area contributed by atoms with Crippen LogP contribution in [-0.4, -0.2) is 8.42 Å². The maximum atomic E-state index is 12.7. The molecule has 0 fully saturated rings. The Morgan fingerprint density at radius 2 is 1.72 bits per heavy atom. The highest BCUT2D eigenvalue weighted by molar-refractivity contribution is 7.92. The Bertz CT molecular complexity index is 654. The van der Waals surface area contributed by atoms with E-state index in [-0.39, 0.29) is 4.90 Å². The van der Waals surface area contributed by atoms with Gasteiger partial charge in [-0.2, -0.15) is 0 Å². The molecule has 0 amide bonds. The van der Waals surface area contributed by atoms with Crippen molar-refractivity contribution in [2.45, 2.75) is 4.90 Å². The summed E-state index contributed by atoms with van der Waals surface area (Å²) in [6.45, 7) is 0. The van der Waals surface area contributed by atoms with E-state index in [2.05, 4.69) is 4.72 Å². The van der Waals surface area contributed by atoms with Gasteiger partial charge in [0.2, 0.25) is 0 Å². The minimum atomic E-state index is -3.70. The summed E-state index contributed by atoms with van der Waals surface area (Å²) in [5.41, 5.74) is 6.18. The van der Waals surface area contributed by atoms with Gasteiger partial charge in [-0.25, -0.2) is 12.8 Å². The van der Waals surface area contributed by atoms with E-state index in [0.29, 0.717) is 11.4 Å². The van der Waals surface area contributed by atoms with Gasteiger partial charge in [-0.1, -0.05) is 6.07 Å². The van der Waals surface area contributed by atoms with E-state index < -0.39 is 15.8 Å². The van der Waals surface area contributed by atoms with Crippen molar-refractivity contribution in [1.82, 2.24) is 0 Å². The number of nitrogens with one attached hydrogen (secondary N) is 1. The number of sulfonamides is 1. The molecule has 4 nitrogen and oxygen atoms in total. The number of hydrogen-bond acceptors (Lipinski definition) is 3. The van der Waals surface area contributed by atoms with Gasteiger partial charge in [0.05, 0.1) is 4.90 Å². The van der Waals surface area contributed by atoms with Crippen molar-refractivity contribution >= 4 is 21.4 Å². The quantitative estimate of drug-likeness (QED) is 0.837. The summed E-state index contributed by atoms with van der Waals surface area (Å²) in [6, 6.07) is 11.0. The van der Waals surface area contributed by atoms with Crippen LogP contribution >= 0.6 is 0 Å². The van der Waals surface area contributed by atoms with Gasteiger partial charge >= 0.3 is 0 Å². The Kier molecular flexibility index (Phi) is 3.20. The number of nitrogen functional groups attached to an aromatic ring is 1. The van der Waals surface area contributed by atoms with Crippen LogP contribution in [0, 0.1) is 5.82 Å². The monoisotopic (exact) mass is 266 g/mol. The Hall–Kier alpha value is -2.08. The maximum Gasteiger partial charge on any atom is 0.261 e. The molecule has 0 radical (unpaired) electrons. The molecule has 6 heteroatoms. The molecule has 2 aromatic rings. The molecule has 94 valence electrons. The van der Waals surface area contributed by atoms with Crippen LogP contribution in [0.2, 0.25) is 0 Å². The van der Waals surface area contributed by atoms with E-state index in [0.717, 1.165) is 0 Å². The molecule has 0 aromatic heterocycles. The van der Waals surface area contributed by atoms with Crippen molar-refractivity contribution in [3.63, 3.8) is 0 Å². The van der Waals surface area contributed by atoms with Crippen LogP contribution in [0.15, 0.2) is 53.4 Å². The highest BCUT2D eigenvalue weighted by atomic mass is 32.2. The van der Waals surface area contributed by atoms with E-state index in [1.165, 1.54) is 36.4 Å². The summed E-state index contributed by atoms with van der Waals surface area (Å²) in [6.07, 6.45) is 0. The van der Waals surface area contributed by atoms with Crippen LogP contribution < -0.4 is 10.5 Å². The minimum absolute atomic E-state index is 0.0619. The van der Waals surface area contributed by atoms with Gasteiger partial charge in [-0.3, -0.25) is 4.72 Å². The fraction of sp³-hybridized carbons (Fsp3) is 0. The lowest BCUT2D eigenvalue weighted by Gasteiger charge is -2.08. The lowest BCUT2D eigenvalue weighted by atomic mass is 10.3. The van der Waals surface area contributed by atoms with Crippen LogP contribution in [0.3, 0.4) is 0 Å². The molecule has 0 aliphatic heterocycles. The Labute approximate surface area is 104 Å². The average Bonchev–Trinajstić information content (AvgIpc) is 2.32. The summed E-state index contributed by atoms with van der Waals surface area (Å²) in [5.74, 6) is -0.429. The van der Waals surface area contributed by atoms with Crippen molar-refractivity contribution < 1.29 is 12.8 Å². The summed E-state index contributed by atoms with van der Waals surface area (Å²) in [4.78, 5) is 0.0619. The number of anilines is 2. The second kappa shape index (κ2) is 4.66. The number of nitrogens with two attached hydrogens (primary N) is 1. The number of rotatable bonds is 3. The van der Waals surface area contributed by atoms with Crippen molar-refractivity contribution in [3.05, 3.63) is 54.3 Å². The lowest BCUT2D eigenvalue weighted by Crippen LogP contribution is -2.13. The second-order valence-electron chi connectivity index (χ2n) is 3.68. The third kappa shape index (κ3) is 2.78. The SMILES string of the molecule is Nc1cccc(S(=O)(=O)Nc2ccc(F)cc2)c1. The molecule has 2 rings (SSSR count). The number of hydrogen-bond donors (Lipinski definition) is 2. The summed E-state index contributed by atoms with van der Waals surface area (Å²) in [7, 11) is -3.70. The molecule has 2 aromatic carbocycles. The second-order valence-corrected chi connectivity index (χ2v) is 5.37. The molecule has 0 saturated carbocycles. The van der Waals surface area contributed by atoms with Crippen LogP contribution in [0.25, 0.3) is 0 Å². The molecule has 0 heterocycles. The van der Waals surface area contributed by atoms with Crippen LogP contribution in [0.1, 0.15) is 0 Å². The molecule has 0 bridgehead atoms. The first-order valence-electron chi connectivity index (χ1n) is 5.11. The highest BCUT2D eigenvalue weighted by Crippen LogP contribution is 2.17. The fourth-order valence-corrected chi connectivity index (χ4v) is 2.53. The fourth-order valence-electron chi connectivity index (χ4n) is 1.41. The van der Waals surface area contributed by atoms with Gasteiger partial charge < -0.3 is 5.73 Å². The first kappa shape index (κ1) is 12.4. The minimum Gasteiger partial charge on any atom is -0.399 e. The standard InChI is InChI=1S/C12H11FN2O2S/c13-9-4-6-11(7-5-9)15-18(16,17)12-3-1-2-10(14)8-12/h1-8,15H,14H2. The smallest absolute Gasteiger partial charge is 0.261 e. The summed E-state index contributed by atoms with van der Waals surface area (Å²) >= 11 is 0. The molecular weight excluding hydrogens is 255 g/mol. The third-order valence-corrected chi connectivity index (χ3v) is 3.64. The van der Waals surface area contributed by atoms with Gasteiger partial charge in [0, 0.05) is 11.4 Å². The molecule has 0 atom stereocenters. The van der Waals surface area contributed by atoms with E-state index >= 15 is 0 Å². The number of benzene rings is 2. The third-order valence-electron chi connectivity index (χ3n) is 2.26. The molecule has 3 N–H and O–H groups in total. The maximum absolute atomic E-state index is 12.7. The Morgan fingerprint density at radius 3 is 2.33 bits per heavy atom. The highest BCUT2D eigenvalue weighted by Gasteiger charge is 2.14. The van der Waals surface area contributed by atoms with Crippen molar-refractivity contribution in [3.8, 4) is 0 Å². The zero-order valence-corrected chi connectivity index (χ0v) is 10.1. The zero-order valence-electron chi connectivity index (χ0n) is 9.30. The van der Waals surface area contributed by atoms with Crippen LogP contribution in [0.5, 0.6) is 0 Å². The van der Waals surface area contributed by atoms with E-state index in [1.807, 2.05) is 0 Å². The molecule has 0 unspecified atom stereocenters. The topological polar surface area (TPSA) is 72.2 Å². The Balaban J connectivity index is 2.30. The van der Waals surface area contributed by atoms with Gasteiger partial charge in [-0.05, 0) is 42.5 Å². The normalized spacial score (nSPS) is 11.2. The van der Waals surface area contributed by atoms with Crippen LogP contribution in [0.4, 0.5) is 15.8 Å². The summed E-state index contributed by atoms with van der Waals surface area (Å²) < 4.78 is 39.0. The number of halogens is 1. The van der Waals surface area contributed by atoms with Crippen molar-refractivity contribution in [2.75, 3.05) is 10.5 Å². The molecule has 18 heavy (non-hydrogen) atoms. The molecule has 0 saturated heterocycles. The molecule has 0 spiro atoms. The van der Waals surface area contributed by atoms with E-state index in [9.17, 15) is 12.8 Å². The first-order valence-corrected chi connectivity index (χ1v) is 6.60. The van der Waals surface area contributed by atoms with Gasteiger partial charge in [-0.15, -0.1) is 0 Å². The van der Waals surface area contributed by atoms with Gasteiger partial charge in [0.1, 0.15) is 5.82 Å². The van der Waals surface area contributed by atoms with E-state index in [1.54, 1.807) is 12.1 Å².